The zero-order valence-electron chi connectivity index (χ0n) is 9.17. The second kappa shape index (κ2) is 4.39. The van der Waals surface area contributed by atoms with Gasteiger partial charge in [0.25, 0.3) is 5.56 Å². The van der Waals surface area contributed by atoms with E-state index in [4.69, 9.17) is 0 Å². The number of hydrogen-bond acceptors (Lipinski definition) is 3. The van der Waals surface area contributed by atoms with Crippen LogP contribution >= 0.6 is 11.8 Å². The highest BCUT2D eigenvalue weighted by molar-refractivity contribution is 7.99. The summed E-state index contributed by atoms with van der Waals surface area (Å²) in [4.78, 5) is 19.0. The number of aryl methyl sites for hydroxylation is 1. The molecule has 4 heteroatoms. The van der Waals surface area contributed by atoms with Crippen molar-refractivity contribution in [1.29, 1.82) is 0 Å². The number of fused-ring (bicyclic) bond motifs is 1. The Balaban J connectivity index is 2.20. The van der Waals surface area contributed by atoms with Crippen LogP contribution in [0.2, 0.25) is 0 Å². The molecule has 3 nitrogen and oxygen atoms in total. The van der Waals surface area contributed by atoms with Crippen LogP contribution in [-0.4, -0.2) is 15.7 Å². The summed E-state index contributed by atoms with van der Waals surface area (Å²) < 4.78 is 0. The Morgan fingerprint density at radius 1 is 1.47 bits per heavy atom. The van der Waals surface area contributed by atoms with E-state index in [0.29, 0.717) is 5.92 Å². The molecule has 0 aromatic carbocycles. The van der Waals surface area contributed by atoms with Gasteiger partial charge in [0.15, 0.2) is 5.16 Å². The lowest BCUT2D eigenvalue weighted by atomic mass is 10.3. The Morgan fingerprint density at radius 3 is 3.00 bits per heavy atom. The molecule has 0 bridgehead atoms. The molecule has 1 aliphatic rings. The predicted molar refractivity (Wildman–Crippen MR) is 62.4 cm³/mol. The molecular formula is C11H16N2OS. The van der Waals surface area contributed by atoms with E-state index in [1.807, 2.05) is 0 Å². The van der Waals surface area contributed by atoms with Gasteiger partial charge in [-0.2, -0.15) is 0 Å². The van der Waals surface area contributed by atoms with Gasteiger partial charge in [-0.05, 0) is 25.2 Å². The molecule has 0 spiro atoms. The third-order valence-electron chi connectivity index (χ3n) is 2.47. The molecule has 1 aliphatic carbocycles. The van der Waals surface area contributed by atoms with Gasteiger partial charge in [0, 0.05) is 11.3 Å². The zero-order chi connectivity index (χ0) is 10.8. The van der Waals surface area contributed by atoms with E-state index in [1.165, 1.54) is 0 Å². The molecule has 1 aromatic heterocycles. The van der Waals surface area contributed by atoms with Crippen LogP contribution in [0.4, 0.5) is 0 Å². The minimum absolute atomic E-state index is 0.0729. The van der Waals surface area contributed by atoms with E-state index in [0.717, 1.165) is 41.4 Å². The summed E-state index contributed by atoms with van der Waals surface area (Å²) in [5.74, 6) is 1.62. The minimum atomic E-state index is 0.0729. The van der Waals surface area contributed by atoms with Crippen molar-refractivity contribution in [2.45, 2.75) is 38.3 Å². The van der Waals surface area contributed by atoms with Crippen molar-refractivity contribution in [3.63, 3.8) is 0 Å². The number of nitrogens with zero attached hydrogens (tertiary/aromatic N) is 1. The first kappa shape index (κ1) is 10.7. The van der Waals surface area contributed by atoms with E-state index in [1.54, 1.807) is 11.8 Å². The van der Waals surface area contributed by atoms with Gasteiger partial charge in [0.05, 0.1) is 5.69 Å². The number of thioether (sulfide) groups is 1. The largest absolute Gasteiger partial charge is 0.301 e. The number of hydrogen-bond donors (Lipinski definition) is 1. The molecule has 0 radical (unpaired) electrons. The van der Waals surface area contributed by atoms with Crippen LogP contribution in [0.3, 0.4) is 0 Å². The monoisotopic (exact) mass is 224 g/mol. The summed E-state index contributed by atoms with van der Waals surface area (Å²) in [6, 6.07) is 0. The molecule has 0 fully saturated rings. The van der Waals surface area contributed by atoms with E-state index >= 15 is 0 Å². The fraction of sp³-hybridized carbons (Fsp3) is 0.636. The van der Waals surface area contributed by atoms with Crippen LogP contribution < -0.4 is 5.56 Å². The molecule has 82 valence electrons. The van der Waals surface area contributed by atoms with Gasteiger partial charge in [-0.25, -0.2) is 4.98 Å². The molecule has 0 saturated heterocycles. The fourth-order valence-electron chi connectivity index (χ4n) is 1.73. The summed E-state index contributed by atoms with van der Waals surface area (Å²) in [5.41, 5.74) is 2.00. The van der Waals surface area contributed by atoms with Crippen LogP contribution in [0.1, 0.15) is 31.5 Å². The normalized spacial score (nSPS) is 14.6. The Morgan fingerprint density at radius 2 is 2.27 bits per heavy atom. The Hall–Kier alpha value is -0.770. The third-order valence-corrected chi connectivity index (χ3v) is 3.77. The quantitative estimate of drug-likeness (QED) is 0.631. The van der Waals surface area contributed by atoms with Crippen LogP contribution in [0, 0.1) is 5.92 Å². The SMILES string of the molecule is CC(C)CSc1nc2c(c(=O)[nH]1)CCC2. The number of nitrogens with one attached hydrogen (secondary N) is 1. The standard InChI is InChI=1S/C11H16N2OS/c1-7(2)6-15-11-12-9-5-3-4-8(9)10(14)13-11/h7H,3-6H2,1-2H3,(H,12,13,14). The van der Waals surface area contributed by atoms with Crippen LogP contribution in [0.25, 0.3) is 0 Å². The molecule has 0 atom stereocenters. The molecule has 2 rings (SSSR count). The fourth-order valence-corrected chi connectivity index (χ4v) is 2.56. The van der Waals surface area contributed by atoms with Crippen LogP contribution in [0.5, 0.6) is 0 Å². The van der Waals surface area contributed by atoms with E-state index < -0.39 is 0 Å². The Bertz CT molecular complexity index is 412. The lowest BCUT2D eigenvalue weighted by molar-refractivity contribution is 0.746. The van der Waals surface area contributed by atoms with Crippen LogP contribution in [0.15, 0.2) is 9.95 Å². The molecule has 1 N–H and O–H groups in total. The van der Waals surface area contributed by atoms with Crippen molar-refractivity contribution in [1.82, 2.24) is 9.97 Å². The average molecular weight is 224 g/mol. The van der Waals surface area contributed by atoms with Gasteiger partial charge in [-0.1, -0.05) is 25.6 Å². The Kier molecular flexibility index (Phi) is 3.14. The van der Waals surface area contributed by atoms with Gasteiger partial charge in [0.1, 0.15) is 0 Å². The van der Waals surface area contributed by atoms with Gasteiger partial charge in [0.2, 0.25) is 0 Å². The highest BCUT2D eigenvalue weighted by Crippen LogP contribution is 2.20. The lowest BCUT2D eigenvalue weighted by Crippen LogP contribution is -2.15. The van der Waals surface area contributed by atoms with Gasteiger partial charge in [-0.3, -0.25) is 4.79 Å². The summed E-state index contributed by atoms with van der Waals surface area (Å²) >= 11 is 1.64. The van der Waals surface area contributed by atoms with Crippen molar-refractivity contribution in [3.8, 4) is 0 Å². The van der Waals surface area contributed by atoms with Crippen molar-refractivity contribution in [3.05, 3.63) is 21.6 Å². The van der Waals surface area contributed by atoms with Crippen LogP contribution in [-0.2, 0) is 12.8 Å². The first-order chi connectivity index (χ1) is 7.16. The molecule has 1 heterocycles. The van der Waals surface area contributed by atoms with Gasteiger partial charge < -0.3 is 4.98 Å². The van der Waals surface area contributed by atoms with Gasteiger partial charge >= 0.3 is 0 Å². The summed E-state index contributed by atoms with van der Waals surface area (Å²) in [6.07, 6.45) is 2.94. The van der Waals surface area contributed by atoms with Crippen molar-refractivity contribution >= 4 is 11.8 Å². The lowest BCUT2D eigenvalue weighted by Gasteiger charge is -2.05. The van der Waals surface area contributed by atoms with Crippen molar-refractivity contribution in [2.24, 2.45) is 5.92 Å². The number of aromatic amines is 1. The summed E-state index contributed by atoms with van der Waals surface area (Å²) in [6.45, 7) is 4.33. The van der Waals surface area contributed by atoms with Crippen molar-refractivity contribution < 1.29 is 0 Å². The average Bonchev–Trinajstić information content (AvgIpc) is 2.63. The molecule has 0 saturated carbocycles. The maximum absolute atomic E-state index is 11.7. The Labute approximate surface area is 93.7 Å². The predicted octanol–water partition coefficient (Wildman–Crippen LogP) is 2.01. The van der Waals surface area contributed by atoms with Crippen molar-refractivity contribution in [2.75, 3.05) is 5.75 Å². The number of H-pyrrole nitrogens is 1. The molecule has 0 unspecified atom stereocenters. The highest BCUT2D eigenvalue weighted by atomic mass is 32.2. The first-order valence-corrected chi connectivity index (χ1v) is 6.40. The van der Waals surface area contributed by atoms with Gasteiger partial charge in [-0.15, -0.1) is 0 Å². The molecule has 0 aliphatic heterocycles. The molecule has 15 heavy (non-hydrogen) atoms. The maximum atomic E-state index is 11.7. The van der Waals surface area contributed by atoms with E-state index in [9.17, 15) is 4.79 Å². The topological polar surface area (TPSA) is 45.8 Å². The molecule has 1 aromatic rings. The van der Waals surface area contributed by atoms with E-state index in [2.05, 4.69) is 23.8 Å². The minimum Gasteiger partial charge on any atom is -0.301 e. The zero-order valence-corrected chi connectivity index (χ0v) is 9.99. The highest BCUT2D eigenvalue weighted by Gasteiger charge is 2.17. The smallest absolute Gasteiger partial charge is 0.254 e. The second-order valence-electron chi connectivity index (χ2n) is 4.35. The molecule has 0 amide bonds. The second-order valence-corrected chi connectivity index (χ2v) is 5.36. The number of rotatable bonds is 3. The summed E-state index contributed by atoms with van der Waals surface area (Å²) in [5, 5.41) is 0.786. The summed E-state index contributed by atoms with van der Waals surface area (Å²) in [7, 11) is 0. The third kappa shape index (κ3) is 2.43. The molecular weight excluding hydrogens is 208 g/mol. The van der Waals surface area contributed by atoms with E-state index in [-0.39, 0.29) is 5.56 Å². The maximum Gasteiger partial charge on any atom is 0.254 e. The number of aromatic nitrogens is 2. The first-order valence-electron chi connectivity index (χ1n) is 5.41.